The van der Waals surface area contributed by atoms with E-state index in [0.29, 0.717) is 37.7 Å². The summed E-state index contributed by atoms with van der Waals surface area (Å²) in [6.07, 6.45) is -0.489. The first-order valence-electron chi connectivity index (χ1n) is 12.4. The van der Waals surface area contributed by atoms with Gasteiger partial charge in [0.05, 0.1) is 12.3 Å². The molecule has 3 N–H and O–H groups in total. The van der Waals surface area contributed by atoms with E-state index in [1.807, 2.05) is 70.2 Å². The highest BCUT2D eigenvalue weighted by molar-refractivity contribution is 5.89. The van der Waals surface area contributed by atoms with E-state index in [0.717, 1.165) is 37.6 Å². The van der Waals surface area contributed by atoms with E-state index in [2.05, 4.69) is 25.8 Å². The third-order valence-electron chi connectivity index (χ3n) is 5.24. The number of urea groups is 1. The number of anilines is 3. The van der Waals surface area contributed by atoms with Gasteiger partial charge in [0.25, 0.3) is 0 Å². The lowest BCUT2D eigenvalue weighted by molar-refractivity contribution is 0.137. The minimum absolute atomic E-state index is 0.204. The highest BCUT2D eigenvalue weighted by Crippen LogP contribution is 2.24. The molecule has 0 saturated carbocycles. The number of nitrogens with zero attached hydrogens (tertiary/aromatic N) is 2. The van der Waals surface area contributed by atoms with Crippen LogP contribution in [0.3, 0.4) is 0 Å². The van der Waals surface area contributed by atoms with Crippen LogP contribution in [0.2, 0.25) is 0 Å². The van der Waals surface area contributed by atoms with Crippen LogP contribution in [0.4, 0.5) is 26.7 Å². The molecule has 9 heteroatoms. The maximum absolute atomic E-state index is 12.1. The Bertz CT molecular complexity index is 916. The molecule has 0 aliphatic carbocycles. The summed E-state index contributed by atoms with van der Waals surface area (Å²) in [6.45, 7) is 13.3. The predicted molar refractivity (Wildman–Crippen MR) is 142 cm³/mol. The average Bonchev–Trinajstić information content (AvgIpc) is 2.87. The number of carbonyl (C=O) groups is 2. The molecule has 2 aromatic rings. The number of piperazine rings is 1. The SMILES string of the molecule is CC.CCNC(=O)Nc1cccc(N2CCN(CCOC(=O)Nc3ccccc3OCC)CC2)c1. The Kier molecular flexibility index (Phi) is 12.3. The molecule has 1 aliphatic rings. The van der Waals surface area contributed by atoms with Crippen LogP contribution in [0.5, 0.6) is 5.75 Å². The molecule has 192 valence electrons. The Morgan fingerprint density at radius 1 is 0.943 bits per heavy atom. The molecule has 2 aromatic carbocycles. The van der Waals surface area contributed by atoms with Gasteiger partial charge in [-0.25, -0.2) is 9.59 Å². The van der Waals surface area contributed by atoms with Crippen LogP contribution in [0, 0.1) is 0 Å². The Morgan fingerprint density at radius 3 is 2.40 bits per heavy atom. The first-order valence-corrected chi connectivity index (χ1v) is 12.4. The molecule has 3 rings (SSSR count). The fourth-order valence-electron chi connectivity index (χ4n) is 3.61. The van der Waals surface area contributed by atoms with Crippen molar-refractivity contribution in [2.24, 2.45) is 0 Å². The first-order chi connectivity index (χ1) is 17.1. The quantitative estimate of drug-likeness (QED) is 0.480. The second-order valence-corrected chi connectivity index (χ2v) is 7.55. The van der Waals surface area contributed by atoms with Gasteiger partial charge in [-0.05, 0) is 44.2 Å². The van der Waals surface area contributed by atoms with Crippen molar-refractivity contribution >= 4 is 29.2 Å². The zero-order valence-electron chi connectivity index (χ0n) is 21.3. The first kappa shape index (κ1) is 27.8. The minimum atomic E-state index is -0.489. The number of rotatable bonds is 9. The Morgan fingerprint density at radius 2 is 1.69 bits per heavy atom. The molecule has 0 unspecified atom stereocenters. The van der Waals surface area contributed by atoms with Gasteiger partial charge in [-0.1, -0.05) is 32.0 Å². The second kappa shape index (κ2) is 15.4. The number of carbonyl (C=O) groups excluding carboxylic acids is 2. The number of nitrogens with one attached hydrogen (secondary N) is 3. The van der Waals surface area contributed by atoms with E-state index >= 15 is 0 Å². The van der Waals surface area contributed by atoms with Gasteiger partial charge in [0.15, 0.2) is 0 Å². The van der Waals surface area contributed by atoms with Crippen LogP contribution in [0.15, 0.2) is 48.5 Å². The van der Waals surface area contributed by atoms with E-state index in [1.54, 1.807) is 6.07 Å². The van der Waals surface area contributed by atoms with Crippen molar-refractivity contribution in [3.05, 3.63) is 48.5 Å². The van der Waals surface area contributed by atoms with E-state index in [9.17, 15) is 9.59 Å². The van der Waals surface area contributed by atoms with Crippen LogP contribution in [-0.2, 0) is 4.74 Å². The smallest absolute Gasteiger partial charge is 0.411 e. The Balaban J connectivity index is 0.00000210. The van der Waals surface area contributed by atoms with Crippen LogP contribution >= 0.6 is 0 Å². The maximum atomic E-state index is 12.1. The summed E-state index contributed by atoms with van der Waals surface area (Å²) in [5.74, 6) is 0.623. The minimum Gasteiger partial charge on any atom is -0.492 e. The number of para-hydroxylation sites is 2. The monoisotopic (exact) mass is 485 g/mol. The third-order valence-corrected chi connectivity index (χ3v) is 5.24. The van der Waals surface area contributed by atoms with Gasteiger partial charge in [-0.3, -0.25) is 10.2 Å². The predicted octanol–water partition coefficient (Wildman–Crippen LogP) is 4.62. The van der Waals surface area contributed by atoms with Gasteiger partial charge < -0.3 is 25.0 Å². The lowest BCUT2D eigenvalue weighted by atomic mass is 10.2. The van der Waals surface area contributed by atoms with Gasteiger partial charge in [0.1, 0.15) is 12.4 Å². The lowest BCUT2D eigenvalue weighted by Gasteiger charge is -2.36. The highest BCUT2D eigenvalue weighted by atomic mass is 16.5. The van der Waals surface area contributed by atoms with Crippen molar-refractivity contribution in [2.75, 3.05) is 68.0 Å². The molecule has 0 atom stereocenters. The lowest BCUT2D eigenvalue weighted by Crippen LogP contribution is -2.47. The Labute approximate surface area is 208 Å². The molecule has 3 amide bonds. The van der Waals surface area contributed by atoms with Crippen LogP contribution in [0.1, 0.15) is 27.7 Å². The number of hydrogen-bond donors (Lipinski definition) is 3. The summed E-state index contributed by atoms with van der Waals surface area (Å²) >= 11 is 0. The van der Waals surface area contributed by atoms with Crippen molar-refractivity contribution in [3.63, 3.8) is 0 Å². The standard InChI is InChI=1S/C24H33N5O4.C2H6/c1-3-25-23(30)26-19-8-7-9-20(18-19)29-14-12-28(13-15-29)16-17-33-24(31)27-21-10-5-6-11-22(21)32-4-2;1-2/h5-11,18H,3-4,12-17H2,1-2H3,(H,27,31)(H2,25,26,30);1-2H3. The normalized spacial score (nSPS) is 13.2. The Hall–Kier alpha value is -3.46. The topological polar surface area (TPSA) is 95.2 Å². The number of benzene rings is 2. The van der Waals surface area contributed by atoms with Gasteiger partial charge in [-0.2, -0.15) is 0 Å². The number of ether oxygens (including phenoxy) is 2. The molecule has 35 heavy (non-hydrogen) atoms. The van der Waals surface area contributed by atoms with Gasteiger partial charge in [0.2, 0.25) is 0 Å². The fraction of sp³-hybridized carbons (Fsp3) is 0.462. The molecule has 0 radical (unpaired) electrons. The highest BCUT2D eigenvalue weighted by Gasteiger charge is 2.18. The molecular formula is C26H39N5O4. The van der Waals surface area contributed by atoms with E-state index in [1.165, 1.54) is 0 Å². The molecule has 0 spiro atoms. The van der Waals surface area contributed by atoms with Gasteiger partial charge in [-0.15, -0.1) is 0 Å². The van der Waals surface area contributed by atoms with Crippen molar-refractivity contribution < 1.29 is 19.1 Å². The molecule has 0 aromatic heterocycles. The van der Waals surface area contributed by atoms with Gasteiger partial charge >= 0.3 is 12.1 Å². The van der Waals surface area contributed by atoms with E-state index < -0.39 is 6.09 Å². The van der Waals surface area contributed by atoms with E-state index in [-0.39, 0.29) is 6.03 Å². The molecule has 1 saturated heterocycles. The van der Waals surface area contributed by atoms with Crippen molar-refractivity contribution in [1.29, 1.82) is 0 Å². The molecule has 1 fully saturated rings. The van der Waals surface area contributed by atoms with Crippen LogP contribution in [0.25, 0.3) is 0 Å². The molecular weight excluding hydrogens is 446 g/mol. The van der Waals surface area contributed by atoms with Crippen LogP contribution < -0.4 is 25.6 Å². The molecule has 0 bridgehead atoms. The van der Waals surface area contributed by atoms with Crippen molar-refractivity contribution in [1.82, 2.24) is 10.2 Å². The van der Waals surface area contributed by atoms with Crippen molar-refractivity contribution in [3.8, 4) is 5.75 Å². The number of amides is 3. The maximum Gasteiger partial charge on any atom is 0.411 e. The largest absolute Gasteiger partial charge is 0.492 e. The summed E-state index contributed by atoms with van der Waals surface area (Å²) in [6, 6.07) is 14.9. The average molecular weight is 486 g/mol. The summed E-state index contributed by atoms with van der Waals surface area (Å²) < 4.78 is 10.9. The van der Waals surface area contributed by atoms with Crippen molar-refractivity contribution in [2.45, 2.75) is 27.7 Å². The fourth-order valence-corrected chi connectivity index (χ4v) is 3.61. The van der Waals surface area contributed by atoms with Gasteiger partial charge in [0, 0.05) is 50.6 Å². The summed E-state index contributed by atoms with van der Waals surface area (Å²) in [7, 11) is 0. The zero-order valence-corrected chi connectivity index (χ0v) is 21.3. The summed E-state index contributed by atoms with van der Waals surface area (Å²) in [5, 5.41) is 8.32. The van der Waals surface area contributed by atoms with E-state index in [4.69, 9.17) is 9.47 Å². The molecule has 1 heterocycles. The van der Waals surface area contributed by atoms with Crippen LogP contribution in [-0.4, -0.2) is 69.5 Å². The molecule has 9 nitrogen and oxygen atoms in total. The molecule has 1 aliphatic heterocycles. The number of hydrogen-bond acceptors (Lipinski definition) is 6. The second-order valence-electron chi connectivity index (χ2n) is 7.55. The zero-order chi connectivity index (χ0) is 25.5. The summed E-state index contributed by atoms with van der Waals surface area (Å²) in [4.78, 5) is 28.5. The summed E-state index contributed by atoms with van der Waals surface area (Å²) in [5.41, 5.74) is 2.45. The third kappa shape index (κ3) is 9.36.